The maximum Gasteiger partial charge on any atom is 0.0711 e. The van der Waals surface area contributed by atoms with Crippen LogP contribution in [0.25, 0.3) is 0 Å². The van der Waals surface area contributed by atoms with Crippen molar-refractivity contribution in [2.75, 3.05) is 0 Å². The largest absolute Gasteiger partial charge is 0.389 e. The van der Waals surface area contributed by atoms with E-state index in [0.717, 1.165) is 24.7 Å². The van der Waals surface area contributed by atoms with Gasteiger partial charge in [0.15, 0.2) is 0 Å². The van der Waals surface area contributed by atoms with Crippen LogP contribution in [-0.4, -0.2) is 10.7 Å². The summed E-state index contributed by atoms with van der Waals surface area (Å²) in [6, 6.07) is 0. The normalized spacial score (nSPS) is 53.6. The minimum Gasteiger partial charge on any atom is -0.389 e. The Hall–Kier alpha value is -0.0400. The first kappa shape index (κ1) is 10.1. The average Bonchev–Trinajstić information content (AvgIpc) is 2.67. The van der Waals surface area contributed by atoms with Gasteiger partial charge in [-0.25, -0.2) is 0 Å². The molecule has 0 aromatic rings. The molecule has 0 aromatic heterocycles. The molecule has 1 nitrogen and oxygen atoms in total. The lowest BCUT2D eigenvalue weighted by atomic mass is 9.55. The van der Waals surface area contributed by atoms with Crippen molar-refractivity contribution in [3.8, 4) is 0 Å². The zero-order valence-corrected chi connectivity index (χ0v) is 10.1. The van der Waals surface area contributed by atoms with Crippen LogP contribution in [-0.2, 0) is 0 Å². The van der Waals surface area contributed by atoms with E-state index in [2.05, 4.69) is 13.8 Å². The first-order valence-electron chi connectivity index (χ1n) is 6.83. The van der Waals surface area contributed by atoms with E-state index in [1.807, 2.05) is 0 Å². The second-order valence-corrected chi connectivity index (χ2v) is 6.52. The molecule has 3 aliphatic carbocycles. The zero-order chi connectivity index (χ0) is 10.7. The zero-order valence-electron chi connectivity index (χ0n) is 10.1. The van der Waals surface area contributed by atoms with Gasteiger partial charge in [-0.2, -0.15) is 0 Å². The third-order valence-electron chi connectivity index (χ3n) is 6.03. The number of rotatable bonds is 1. The molecule has 2 unspecified atom stereocenters. The topological polar surface area (TPSA) is 20.2 Å². The van der Waals surface area contributed by atoms with E-state index in [9.17, 15) is 5.11 Å². The molecule has 86 valence electrons. The maximum absolute atomic E-state index is 11.0. The van der Waals surface area contributed by atoms with Gasteiger partial charge < -0.3 is 5.11 Å². The van der Waals surface area contributed by atoms with Crippen LogP contribution < -0.4 is 0 Å². The van der Waals surface area contributed by atoms with E-state index in [0.29, 0.717) is 11.3 Å². The summed E-state index contributed by atoms with van der Waals surface area (Å²) in [5.41, 5.74) is 0.0299. The summed E-state index contributed by atoms with van der Waals surface area (Å²) >= 11 is 0. The Kier molecular flexibility index (Phi) is 2.03. The molecule has 0 bridgehead atoms. The Labute approximate surface area is 93.3 Å². The molecule has 3 aliphatic rings. The minimum absolute atomic E-state index is 0.281. The van der Waals surface area contributed by atoms with Crippen molar-refractivity contribution in [2.24, 2.45) is 23.2 Å². The highest BCUT2D eigenvalue weighted by atomic mass is 16.3. The van der Waals surface area contributed by atoms with E-state index in [4.69, 9.17) is 0 Å². The summed E-state index contributed by atoms with van der Waals surface area (Å²) in [4.78, 5) is 0. The van der Waals surface area contributed by atoms with E-state index < -0.39 is 0 Å². The standard InChI is InChI=1S/C14H24O/c1-10(2)14-11-4-3-5-12(14)7-9-13(14,15)8-6-11/h10-12,15H,3-9H2,1-2H3/t11-,12+,13?,14?. The minimum atomic E-state index is -0.281. The van der Waals surface area contributed by atoms with Gasteiger partial charge in [-0.1, -0.05) is 20.3 Å². The lowest BCUT2D eigenvalue weighted by molar-refractivity contribution is -0.116. The van der Waals surface area contributed by atoms with Crippen LogP contribution in [0, 0.1) is 23.2 Å². The fourth-order valence-electron chi connectivity index (χ4n) is 5.81. The van der Waals surface area contributed by atoms with Gasteiger partial charge in [-0.15, -0.1) is 0 Å². The lowest BCUT2D eigenvalue weighted by Gasteiger charge is -2.51. The molecular weight excluding hydrogens is 184 g/mol. The predicted molar refractivity (Wildman–Crippen MR) is 61.5 cm³/mol. The Bertz CT molecular complexity index is 253. The van der Waals surface area contributed by atoms with Crippen LogP contribution >= 0.6 is 0 Å². The molecule has 1 N–H and O–H groups in total. The molecule has 3 fully saturated rings. The molecule has 0 heterocycles. The maximum atomic E-state index is 11.0. The van der Waals surface area contributed by atoms with Gasteiger partial charge in [0.05, 0.1) is 5.60 Å². The van der Waals surface area contributed by atoms with Gasteiger partial charge in [0, 0.05) is 5.41 Å². The van der Waals surface area contributed by atoms with Crippen molar-refractivity contribution in [1.29, 1.82) is 0 Å². The smallest absolute Gasteiger partial charge is 0.0711 e. The monoisotopic (exact) mass is 208 g/mol. The molecule has 0 saturated heterocycles. The number of hydrogen-bond donors (Lipinski definition) is 1. The van der Waals surface area contributed by atoms with Crippen molar-refractivity contribution in [3.05, 3.63) is 0 Å². The summed E-state index contributed by atoms with van der Waals surface area (Å²) in [7, 11) is 0. The predicted octanol–water partition coefficient (Wildman–Crippen LogP) is 3.36. The highest BCUT2D eigenvalue weighted by Crippen LogP contribution is 2.69. The quantitative estimate of drug-likeness (QED) is 0.700. The molecule has 0 amide bonds. The summed E-state index contributed by atoms with van der Waals surface area (Å²) in [5.74, 6) is 2.34. The third-order valence-corrected chi connectivity index (χ3v) is 6.03. The van der Waals surface area contributed by atoms with Crippen molar-refractivity contribution in [1.82, 2.24) is 0 Å². The molecule has 1 heteroatoms. The summed E-state index contributed by atoms with van der Waals surface area (Å²) in [6.45, 7) is 4.71. The van der Waals surface area contributed by atoms with E-state index in [1.165, 1.54) is 32.1 Å². The third kappa shape index (κ3) is 0.988. The van der Waals surface area contributed by atoms with Crippen molar-refractivity contribution in [3.63, 3.8) is 0 Å². The lowest BCUT2D eigenvalue weighted by Crippen LogP contribution is -2.51. The molecule has 3 rings (SSSR count). The van der Waals surface area contributed by atoms with Gasteiger partial charge in [0.1, 0.15) is 0 Å². The first-order chi connectivity index (χ1) is 7.11. The fourth-order valence-corrected chi connectivity index (χ4v) is 5.81. The Morgan fingerprint density at radius 1 is 1.00 bits per heavy atom. The first-order valence-corrected chi connectivity index (χ1v) is 6.83. The van der Waals surface area contributed by atoms with Crippen molar-refractivity contribution >= 4 is 0 Å². The summed E-state index contributed by atoms with van der Waals surface area (Å²) in [5, 5.41) is 11.0. The van der Waals surface area contributed by atoms with Crippen molar-refractivity contribution < 1.29 is 5.11 Å². The second-order valence-electron chi connectivity index (χ2n) is 6.52. The van der Waals surface area contributed by atoms with Gasteiger partial charge in [-0.05, 0) is 56.3 Å². The average molecular weight is 208 g/mol. The van der Waals surface area contributed by atoms with Crippen molar-refractivity contribution in [2.45, 2.75) is 64.4 Å². The van der Waals surface area contributed by atoms with E-state index >= 15 is 0 Å². The van der Waals surface area contributed by atoms with Crippen LogP contribution in [0.1, 0.15) is 58.8 Å². The molecule has 0 aliphatic heterocycles. The van der Waals surface area contributed by atoms with Gasteiger partial charge in [0.2, 0.25) is 0 Å². The van der Waals surface area contributed by atoms with Gasteiger partial charge in [-0.3, -0.25) is 0 Å². The molecule has 0 radical (unpaired) electrons. The number of aliphatic hydroxyl groups is 1. The Morgan fingerprint density at radius 3 is 2.00 bits per heavy atom. The van der Waals surface area contributed by atoms with Gasteiger partial charge in [0.25, 0.3) is 0 Å². The molecular formula is C14H24O. The highest BCUT2D eigenvalue weighted by molar-refractivity contribution is 5.17. The second kappa shape index (κ2) is 3.00. The molecule has 0 aromatic carbocycles. The van der Waals surface area contributed by atoms with Crippen LogP contribution in [0.3, 0.4) is 0 Å². The molecule has 15 heavy (non-hydrogen) atoms. The van der Waals surface area contributed by atoms with E-state index in [-0.39, 0.29) is 5.60 Å². The SMILES string of the molecule is CC(C)C12[C@@H]3CCC[C@H]1CCC2(O)CC3. The van der Waals surface area contributed by atoms with Crippen LogP contribution in [0.5, 0.6) is 0 Å². The van der Waals surface area contributed by atoms with Crippen LogP contribution in [0.2, 0.25) is 0 Å². The van der Waals surface area contributed by atoms with Crippen LogP contribution in [0.4, 0.5) is 0 Å². The van der Waals surface area contributed by atoms with E-state index in [1.54, 1.807) is 0 Å². The molecule has 3 saturated carbocycles. The molecule has 0 spiro atoms. The Morgan fingerprint density at radius 2 is 1.53 bits per heavy atom. The molecule has 4 atom stereocenters. The summed E-state index contributed by atoms with van der Waals surface area (Å²) < 4.78 is 0. The highest BCUT2D eigenvalue weighted by Gasteiger charge is 2.67. The van der Waals surface area contributed by atoms with Gasteiger partial charge >= 0.3 is 0 Å². The summed E-state index contributed by atoms with van der Waals surface area (Å²) in [6.07, 6.45) is 8.96. The number of hydrogen-bond acceptors (Lipinski definition) is 1. The Balaban J connectivity index is 2.09. The van der Waals surface area contributed by atoms with Crippen LogP contribution in [0.15, 0.2) is 0 Å². The fraction of sp³-hybridized carbons (Fsp3) is 1.00.